The summed E-state index contributed by atoms with van der Waals surface area (Å²) in [6.07, 6.45) is 6.35. The highest BCUT2D eigenvalue weighted by Gasteiger charge is 2.72. The fourth-order valence-electron chi connectivity index (χ4n) is 6.42. The summed E-state index contributed by atoms with van der Waals surface area (Å²) in [5.74, 6) is 1.75. The zero-order valence-corrected chi connectivity index (χ0v) is 16.4. The number of aliphatic hydroxyl groups is 1. The first-order chi connectivity index (χ1) is 12.0. The van der Waals surface area contributed by atoms with E-state index in [1.165, 1.54) is 18.4 Å². The SMILES string of the molecule is Oc1ccc2c3c1O[C@H]1C([123I])CC[C@]4(O)[C@@H](C2)N(CC2CC2)CC[C@]314. The van der Waals surface area contributed by atoms with E-state index in [-0.39, 0.29) is 23.3 Å². The van der Waals surface area contributed by atoms with E-state index in [2.05, 4.69) is 33.6 Å². The topological polar surface area (TPSA) is 52.9 Å². The number of phenols is 1. The number of halogens is 1. The average molecular weight is 449 g/mol. The van der Waals surface area contributed by atoms with Crippen molar-refractivity contribution in [2.75, 3.05) is 13.1 Å². The van der Waals surface area contributed by atoms with Gasteiger partial charge in [-0.3, -0.25) is 4.90 Å². The number of hydrogen-bond acceptors (Lipinski definition) is 4. The fourth-order valence-corrected chi connectivity index (χ4v) is 7.49. The second kappa shape index (κ2) is 4.84. The number of benzene rings is 1. The molecule has 2 heterocycles. The monoisotopic (exact) mass is 449 g/mol. The summed E-state index contributed by atoms with van der Waals surface area (Å²) in [5, 5.41) is 22.6. The third-order valence-electron chi connectivity index (χ3n) is 7.69. The quantitative estimate of drug-likeness (QED) is 0.539. The minimum atomic E-state index is -0.724. The number of rotatable bonds is 2. The van der Waals surface area contributed by atoms with Crippen LogP contribution in [-0.2, 0) is 11.8 Å². The molecule has 6 rings (SSSR count). The molecule has 5 aliphatic rings. The Morgan fingerprint density at radius 1 is 1.24 bits per heavy atom. The number of hydrogen-bond donors (Lipinski definition) is 2. The van der Waals surface area contributed by atoms with Crippen LogP contribution < -0.4 is 4.74 Å². The Morgan fingerprint density at radius 3 is 2.88 bits per heavy atom. The van der Waals surface area contributed by atoms with Crippen molar-refractivity contribution in [1.82, 2.24) is 4.90 Å². The van der Waals surface area contributed by atoms with Crippen molar-refractivity contribution < 1.29 is 14.9 Å². The molecule has 0 amide bonds. The van der Waals surface area contributed by atoms with Crippen LogP contribution in [0.1, 0.15) is 43.2 Å². The highest BCUT2D eigenvalue weighted by atomic mass is 123. The molecule has 1 spiro atoms. The first-order valence-corrected chi connectivity index (χ1v) is 10.9. The van der Waals surface area contributed by atoms with Crippen molar-refractivity contribution in [1.29, 1.82) is 0 Å². The molecule has 3 fully saturated rings. The van der Waals surface area contributed by atoms with Crippen LogP contribution in [0.25, 0.3) is 0 Å². The van der Waals surface area contributed by atoms with Gasteiger partial charge in [0.15, 0.2) is 11.5 Å². The summed E-state index contributed by atoms with van der Waals surface area (Å²) in [6.45, 7) is 2.18. The molecule has 0 aromatic heterocycles. The van der Waals surface area contributed by atoms with Gasteiger partial charge in [0.1, 0.15) is 6.10 Å². The molecule has 2 aliphatic heterocycles. The first-order valence-electron chi connectivity index (χ1n) is 9.67. The van der Waals surface area contributed by atoms with Gasteiger partial charge in [-0.25, -0.2) is 0 Å². The Labute approximate surface area is 161 Å². The Morgan fingerprint density at radius 2 is 2.08 bits per heavy atom. The molecule has 1 aromatic rings. The largest absolute Gasteiger partial charge is 0.504 e. The van der Waals surface area contributed by atoms with Crippen LogP contribution >= 0.6 is 22.6 Å². The van der Waals surface area contributed by atoms with Crippen LogP contribution in [0.2, 0.25) is 0 Å². The number of ether oxygens (including phenoxy) is 1. The molecule has 5 atom stereocenters. The lowest BCUT2D eigenvalue weighted by Gasteiger charge is -2.63. The van der Waals surface area contributed by atoms with Gasteiger partial charge >= 0.3 is 0 Å². The van der Waals surface area contributed by atoms with Crippen molar-refractivity contribution in [3.8, 4) is 11.5 Å². The Bertz CT molecular complexity index is 766. The lowest BCUT2D eigenvalue weighted by Crippen LogP contribution is -2.76. The second-order valence-electron chi connectivity index (χ2n) is 8.84. The van der Waals surface area contributed by atoms with Gasteiger partial charge in [0, 0.05) is 22.1 Å². The van der Waals surface area contributed by atoms with Crippen LogP contribution in [0.4, 0.5) is 0 Å². The summed E-state index contributed by atoms with van der Waals surface area (Å²) < 4.78 is 6.76. The molecule has 1 unspecified atom stereocenters. The van der Waals surface area contributed by atoms with E-state index in [9.17, 15) is 10.2 Å². The minimum absolute atomic E-state index is 0.0141. The molecular weight excluding hydrogens is 425 g/mol. The molecule has 25 heavy (non-hydrogen) atoms. The van der Waals surface area contributed by atoms with Crippen LogP contribution in [0.5, 0.6) is 11.5 Å². The lowest BCUT2D eigenvalue weighted by molar-refractivity contribution is -0.182. The van der Waals surface area contributed by atoms with Crippen molar-refractivity contribution in [2.24, 2.45) is 5.92 Å². The van der Waals surface area contributed by atoms with Gasteiger partial charge in [0.05, 0.1) is 11.0 Å². The molecule has 134 valence electrons. The van der Waals surface area contributed by atoms with E-state index in [1.54, 1.807) is 6.07 Å². The Kier molecular flexibility index (Phi) is 3.01. The van der Waals surface area contributed by atoms with E-state index in [0.717, 1.165) is 50.3 Å². The Balaban J connectivity index is 1.57. The number of phenolic OH excluding ortho intramolecular Hbond substituents is 1. The number of nitrogens with zero attached hydrogens (tertiary/aromatic N) is 1. The predicted octanol–water partition coefficient (Wildman–Crippen LogP) is 2.76. The fraction of sp³-hybridized carbons (Fsp3) is 0.700. The van der Waals surface area contributed by atoms with Crippen molar-refractivity contribution in [3.63, 3.8) is 0 Å². The summed E-state index contributed by atoms with van der Waals surface area (Å²) in [6, 6.07) is 4.06. The maximum absolute atomic E-state index is 12.1. The Hall–Kier alpha value is -0.530. The van der Waals surface area contributed by atoms with Crippen molar-refractivity contribution in [2.45, 2.75) is 65.6 Å². The van der Waals surface area contributed by atoms with E-state index in [1.807, 2.05) is 0 Å². The van der Waals surface area contributed by atoms with E-state index in [4.69, 9.17) is 4.74 Å². The normalized spacial score (nSPS) is 44.3. The molecule has 3 aliphatic carbocycles. The number of piperidine rings is 1. The van der Waals surface area contributed by atoms with Crippen molar-refractivity contribution in [3.05, 3.63) is 23.3 Å². The van der Waals surface area contributed by atoms with Crippen LogP contribution in [0, 0.1) is 5.92 Å². The smallest absolute Gasteiger partial charge is 0.165 e. The van der Waals surface area contributed by atoms with Gasteiger partial charge in [0.25, 0.3) is 0 Å². The number of likely N-dealkylation sites (tertiary alicyclic amines) is 1. The van der Waals surface area contributed by atoms with E-state index in [0.29, 0.717) is 9.67 Å². The maximum Gasteiger partial charge on any atom is 0.165 e. The molecule has 2 bridgehead atoms. The molecule has 1 aromatic carbocycles. The van der Waals surface area contributed by atoms with E-state index < -0.39 is 5.60 Å². The van der Waals surface area contributed by atoms with Crippen LogP contribution in [0.15, 0.2) is 12.1 Å². The van der Waals surface area contributed by atoms with Crippen LogP contribution in [0.3, 0.4) is 0 Å². The molecule has 2 N–H and O–H groups in total. The third-order valence-corrected chi connectivity index (χ3v) is 8.97. The summed E-state index contributed by atoms with van der Waals surface area (Å²) >= 11 is 2.50. The average Bonchev–Trinajstić information content (AvgIpc) is 3.32. The summed E-state index contributed by atoms with van der Waals surface area (Å²) in [4.78, 5) is 2.58. The van der Waals surface area contributed by atoms with Crippen molar-refractivity contribution >= 4 is 22.6 Å². The number of aromatic hydroxyl groups is 1. The van der Waals surface area contributed by atoms with Gasteiger partial charge < -0.3 is 14.9 Å². The molecule has 2 saturated carbocycles. The standard InChI is InChI=1S/C20H24INO3/c21-13-5-6-20(24)15-9-12-3-4-14(23)17-16(12)19(20,18(13)25-17)7-8-22(15)10-11-1-2-11/h3-4,11,13,15,18,23-24H,1-2,5-10H2/t13?,15-,18+,19+,20+/m1/s1/i21-4. The lowest BCUT2D eigenvalue weighted by atomic mass is 9.49. The minimum Gasteiger partial charge on any atom is -0.504 e. The zero-order valence-electron chi connectivity index (χ0n) is 14.2. The third kappa shape index (κ3) is 1.76. The molecule has 0 radical (unpaired) electrons. The zero-order chi connectivity index (χ0) is 17.0. The van der Waals surface area contributed by atoms with Gasteiger partial charge in [-0.1, -0.05) is 28.7 Å². The van der Waals surface area contributed by atoms with Gasteiger partial charge in [-0.2, -0.15) is 0 Å². The van der Waals surface area contributed by atoms with Gasteiger partial charge in [-0.15, -0.1) is 0 Å². The van der Waals surface area contributed by atoms with E-state index >= 15 is 0 Å². The van der Waals surface area contributed by atoms with Crippen LogP contribution in [-0.4, -0.2) is 49.9 Å². The first kappa shape index (κ1) is 15.5. The molecular formula is C20H24INO3. The summed E-state index contributed by atoms with van der Waals surface area (Å²) in [7, 11) is 0. The predicted molar refractivity (Wildman–Crippen MR) is 103 cm³/mol. The maximum atomic E-state index is 12.1. The summed E-state index contributed by atoms with van der Waals surface area (Å²) in [5.41, 5.74) is 1.38. The molecule has 4 nitrogen and oxygen atoms in total. The molecule has 1 saturated heterocycles. The highest BCUT2D eigenvalue weighted by molar-refractivity contribution is 14.1. The highest BCUT2D eigenvalue weighted by Crippen LogP contribution is 2.66. The second-order valence-corrected chi connectivity index (χ2v) is 10.4. The van der Waals surface area contributed by atoms with Gasteiger partial charge in [0.2, 0.25) is 0 Å². The van der Waals surface area contributed by atoms with Gasteiger partial charge in [-0.05, 0) is 62.6 Å². The number of alkyl halides is 1. The molecule has 5 heteroatoms.